The normalized spacial score (nSPS) is 13.6. The summed E-state index contributed by atoms with van der Waals surface area (Å²) in [7, 11) is 0. The Morgan fingerprint density at radius 1 is 1.12 bits per heavy atom. The van der Waals surface area contributed by atoms with Crippen LogP contribution in [-0.4, -0.2) is 33.7 Å². The third-order valence-electron chi connectivity index (χ3n) is 5.76. The van der Waals surface area contributed by atoms with Crippen molar-refractivity contribution in [2.45, 2.75) is 31.8 Å². The molecular weight excluding hydrogens is 406 g/mol. The van der Waals surface area contributed by atoms with Crippen molar-refractivity contribution in [2.24, 2.45) is 0 Å². The molecule has 2 aromatic carbocycles. The van der Waals surface area contributed by atoms with E-state index in [1.54, 1.807) is 24.5 Å². The number of carboxylic acids is 1. The molecule has 0 spiro atoms. The van der Waals surface area contributed by atoms with Crippen LogP contribution in [0.25, 0.3) is 22.2 Å². The molecule has 32 heavy (non-hydrogen) atoms. The fourth-order valence-corrected chi connectivity index (χ4v) is 3.74. The van der Waals surface area contributed by atoms with Crippen molar-refractivity contribution in [3.05, 3.63) is 72.2 Å². The average Bonchev–Trinajstić information content (AvgIpc) is 3.24. The number of fused-ring (bicyclic) bond motifs is 1. The Hall–Kier alpha value is -3.87. The standard InChI is InChI=1S/C25H23N3O4/c29-25(30)20-6-5-17(13-23(20)32-19-2-1-3-19)21-14-24(28-15-27-21)26-10-8-16-4-7-22-18(12-16)9-11-31-22/h4-7,9,11-15,19H,1-3,8,10H2,(H,29,30)(H,26,27,28). The lowest BCUT2D eigenvalue weighted by atomic mass is 9.96. The number of carboxylic acid groups (broad SMARTS) is 1. The summed E-state index contributed by atoms with van der Waals surface area (Å²) in [5.41, 5.74) is 3.76. The van der Waals surface area contributed by atoms with Crippen molar-refractivity contribution in [1.82, 2.24) is 9.97 Å². The van der Waals surface area contributed by atoms with E-state index >= 15 is 0 Å². The first-order valence-electron chi connectivity index (χ1n) is 10.7. The molecular formula is C25H23N3O4. The Labute approximate surface area is 185 Å². The molecule has 0 atom stereocenters. The summed E-state index contributed by atoms with van der Waals surface area (Å²) in [6, 6.07) is 15.1. The van der Waals surface area contributed by atoms with E-state index in [-0.39, 0.29) is 11.7 Å². The number of nitrogens with one attached hydrogen (secondary N) is 1. The van der Waals surface area contributed by atoms with Gasteiger partial charge in [-0.1, -0.05) is 12.1 Å². The third kappa shape index (κ3) is 4.27. The molecule has 7 heteroatoms. The minimum absolute atomic E-state index is 0.0900. The maximum atomic E-state index is 11.6. The van der Waals surface area contributed by atoms with Crippen LogP contribution < -0.4 is 10.1 Å². The Balaban J connectivity index is 1.29. The van der Waals surface area contributed by atoms with Crippen LogP contribution in [0.1, 0.15) is 35.2 Å². The molecule has 7 nitrogen and oxygen atoms in total. The zero-order valence-corrected chi connectivity index (χ0v) is 17.5. The topological polar surface area (TPSA) is 97.5 Å². The van der Waals surface area contributed by atoms with Crippen molar-refractivity contribution in [3.63, 3.8) is 0 Å². The molecule has 5 rings (SSSR count). The average molecular weight is 429 g/mol. The number of hydrogen-bond acceptors (Lipinski definition) is 6. The van der Waals surface area contributed by atoms with Crippen LogP contribution in [0.4, 0.5) is 5.82 Å². The van der Waals surface area contributed by atoms with Gasteiger partial charge in [0.05, 0.1) is 18.1 Å². The van der Waals surface area contributed by atoms with E-state index in [4.69, 9.17) is 9.15 Å². The highest BCUT2D eigenvalue weighted by molar-refractivity contribution is 5.92. The summed E-state index contributed by atoms with van der Waals surface area (Å²) >= 11 is 0. The Morgan fingerprint density at radius 2 is 2.03 bits per heavy atom. The molecule has 0 radical (unpaired) electrons. The van der Waals surface area contributed by atoms with Gasteiger partial charge in [0, 0.05) is 23.6 Å². The molecule has 0 amide bonds. The zero-order valence-electron chi connectivity index (χ0n) is 17.5. The molecule has 162 valence electrons. The van der Waals surface area contributed by atoms with Gasteiger partial charge in [0.1, 0.15) is 29.0 Å². The lowest BCUT2D eigenvalue weighted by Crippen LogP contribution is -2.25. The largest absolute Gasteiger partial charge is 0.490 e. The number of aromatic carboxylic acids is 1. The molecule has 1 aliphatic carbocycles. The van der Waals surface area contributed by atoms with Crippen LogP contribution in [0.2, 0.25) is 0 Å². The summed E-state index contributed by atoms with van der Waals surface area (Å²) in [4.78, 5) is 20.3. The first-order valence-corrected chi connectivity index (χ1v) is 10.7. The van der Waals surface area contributed by atoms with Crippen LogP contribution in [-0.2, 0) is 6.42 Å². The second kappa shape index (κ2) is 8.70. The van der Waals surface area contributed by atoms with Gasteiger partial charge >= 0.3 is 5.97 Å². The van der Waals surface area contributed by atoms with E-state index in [1.807, 2.05) is 18.2 Å². The highest BCUT2D eigenvalue weighted by Gasteiger charge is 2.22. The molecule has 0 saturated heterocycles. The molecule has 4 aromatic rings. The number of rotatable bonds is 8. The highest BCUT2D eigenvalue weighted by atomic mass is 16.5. The second-order valence-electron chi connectivity index (χ2n) is 7.94. The quantitative estimate of drug-likeness (QED) is 0.398. The zero-order chi connectivity index (χ0) is 21.9. The number of carbonyl (C=O) groups is 1. The second-order valence-corrected chi connectivity index (χ2v) is 7.94. The van der Waals surface area contributed by atoms with Crippen molar-refractivity contribution < 1.29 is 19.1 Å². The maximum absolute atomic E-state index is 11.6. The molecule has 0 unspecified atom stereocenters. The highest BCUT2D eigenvalue weighted by Crippen LogP contribution is 2.31. The fraction of sp³-hybridized carbons (Fsp3) is 0.240. The predicted octanol–water partition coefficient (Wildman–Crippen LogP) is 5.17. The van der Waals surface area contributed by atoms with E-state index < -0.39 is 5.97 Å². The van der Waals surface area contributed by atoms with Crippen molar-refractivity contribution in [1.29, 1.82) is 0 Å². The van der Waals surface area contributed by atoms with Gasteiger partial charge in [-0.25, -0.2) is 14.8 Å². The first kappa shape index (κ1) is 20.1. The lowest BCUT2D eigenvalue weighted by Gasteiger charge is -2.27. The van der Waals surface area contributed by atoms with Gasteiger partial charge in [0.2, 0.25) is 0 Å². The molecule has 0 bridgehead atoms. The van der Waals surface area contributed by atoms with Crippen LogP contribution in [0.3, 0.4) is 0 Å². The Kier molecular flexibility index (Phi) is 5.46. The monoisotopic (exact) mass is 429 g/mol. The van der Waals surface area contributed by atoms with Crippen LogP contribution in [0.15, 0.2) is 65.5 Å². The van der Waals surface area contributed by atoms with Crippen molar-refractivity contribution in [3.8, 4) is 17.0 Å². The minimum atomic E-state index is -0.996. The predicted molar refractivity (Wildman–Crippen MR) is 121 cm³/mol. The molecule has 2 heterocycles. The van der Waals surface area contributed by atoms with Crippen LogP contribution in [0.5, 0.6) is 5.75 Å². The SMILES string of the molecule is O=C(O)c1ccc(-c2cc(NCCc3ccc4occc4c3)ncn2)cc1OC1CCC1. The Bertz CT molecular complexity index is 1260. The summed E-state index contributed by atoms with van der Waals surface area (Å²) in [5.74, 6) is 0.107. The number of aromatic nitrogens is 2. The molecule has 2 aromatic heterocycles. The molecule has 0 aliphatic heterocycles. The summed E-state index contributed by atoms with van der Waals surface area (Å²) < 4.78 is 11.3. The van der Waals surface area contributed by atoms with Crippen molar-refractivity contribution in [2.75, 3.05) is 11.9 Å². The van der Waals surface area contributed by atoms with E-state index in [2.05, 4.69) is 27.4 Å². The Morgan fingerprint density at radius 3 is 2.84 bits per heavy atom. The molecule has 1 aliphatic rings. The lowest BCUT2D eigenvalue weighted by molar-refractivity contribution is 0.0680. The fourth-order valence-electron chi connectivity index (χ4n) is 3.74. The van der Waals surface area contributed by atoms with Gasteiger partial charge in [-0.2, -0.15) is 0 Å². The van der Waals surface area contributed by atoms with Gasteiger partial charge in [-0.15, -0.1) is 0 Å². The van der Waals surface area contributed by atoms with Gasteiger partial charge < -0.3 is 19.6 Å². The first-order chi connectivity index (χ1) is 15.7. The van der Waals surface area contributed by atoms with Crippen LogP contribution in [0, 0.1) is 0 Å². The van der Waals surface area contributed by atoms with Gasteiger partial charge in [-0.05, 0) is 61.6 Å². The van der Waals surface area contributed by atoms with Gasteiger partial charge in [-0.3, -0.25) is 0 Å². The summed E-state index contributed by atoms with van der Waals surface area (Å²) in [6.07, 6.45) is 7.16. The van der Waals surface area contributed by atoms with Crippen molar-refractivity contribution >= 4 is 22.8 Å². The minimum Gasteiger partial charge on any atom is -0.490 e. The smallest absolute Gasteiger partial charge is 0.339 e. The van der Waals surface area contributed by atoms with Gasteiger partial charge in [0.25, 0.3) is 0 Å². The van der Waals surface area contributed by atoms with E-state index in [1.165, 1.54) is 11.9 Å². The number of nitrogens with zero attached hydrogens (tertiary/aromatic N) is 2. The van der Waals surface area contributed by atoms with E-state index in [0.29, 0.717) is 23.8 Å². The number of anilines is 1. The van der Waals surface area contributed by atoms with E-state index in [0.717, 1.165) is 42.2 Å². The number of furan rings is 1. The summed E-state index contributed by atoms with van der Waals surface area (Å²) in [6.45, 7) is 0.716. The summed E-state index contributed by atoms with van der Waals surface area (Å²) in [5, 5.41) is 13.9. The number of hydrogen-bond donors (Lipinski definition) is 2. The van der Waals surface area contributed by atoms with Crippen LogP contribution >= 0.6 is 0 Å². The third-order valence-corrected chi connectivity index (χ3v) is 5.76. The number of ether oxygens (including phenoxy) is 1. The maximum Gasteiger partial charge on any atom is 0.339 e. The van der Waals surface area contributed by atoms with E-state index in [9.17, 15) is 9.90 Å². The molecule has 1 fully saturated rings. The molecule has 1 saturated carbocycles. The number of benzene rings is 2. The molecule has 2 N–H and O–H groups in total. The van der Waals surface area contributed by atoms with Gasteiger partial charge in [0.15, 0.2) is 0 Å².